The van der Waals surface area contributed by atoms with Gasteiger partial charge in [-0.05, 0) is 19.1 Å². The number of aromatic nitrogens is 2. The van der Waals surface area contributed by atoms with E-state index in [-0.39, 0.29) is 5.02 Å². The molecule has 0 fully saturated rings. The molecule has 2 aromatic rings. The number of halogens is 2. The molecule has 9 nitrogen and oxygen atoms in total. The van der Waals surface area contributed by atoms with Gasteiger partial charge in [0.15, 0.2) is 0 Å². The summed E-state index contributed by atoms with van der Waals surface area (Å²) in [5, 5.41) is -0.389. The predicted molar refractivity (Wildman–Crippen MR) is 97.1 cm³/mol. The molecule has 0 spiro atoms. The van der Waals surface area contributed by atoms with Crippen molar-refractivity contribution < 1.29 is 17.6 Å². The molecule has 1 aromatic carbocycles. The quantitative estimate of drug-likeness (QED) is 0.761. The summed E-state index contributed by atoms with van der Waals surface area (Å²) in [4.78, 5) is 36.8. The van der Waals surface area contributed by atoms with Crippen LogP contribution in [0.3, 0.4) is 0 Å². The number of benzene rings is 1. The zero-order chi connectivity index (χ0) is 20.7. The molecule has 1 heterocycles. The van der Waals surface area contributed by atoms with E-state index in [0.29, 0.717) is 10.3 Å². The Morgan fingerprint density at radius 3 is 2.37 bits per heavy atom. The third kappa shape index (κ3) is 3.94. The summed E-state index contributed by atoms with van der Waals surface area (Å²) in [6.45, 7) is 1.52. The highest BCUT2D eigenvalue weighted by atomic mass is 35.5. The zero-order valence-corrected chi connectivity index (χ0v) is 16.4. The monoisotopic (exact) mass is 418 g/mol. The van der Waals surface area contributed by atoms with E-state index >= 15 is 0 Å². The van der Waals surface area contributed by atoms with Crippen LogP contribution < -0.4 is 16.0 Å². The zero-order valence-electron chi connectivity index (χ0n) is 14.8. The van der Waals surface area contributed by atoms with E-state index in [0.717, 1.165) is 27.1 Å². The SMILES string of the molecule is Cc1cc(=O)n(-c2cc(C(=O)NS(=O)(=O)N(C)C)c(Cl)cc2F)c(=O)n1C. The fraction of sp³-hybridized carbons (Fsp3) is 0.267. The van der Waals surface area contributed by atoms with E-state index in [4.69, 9.17) is 11.6 Å². The first-order valence-electron chi connectivity index (χ1n) is 7.40. The Balaban J connectivity index is 2.69. The molecule has 12 heteroatoms. The minimum absolute atomic E-state index is 0.352. The summed E-state index contributed by atoms with van der Waals surface area (Å²) in [6, 6.07) is 2.68. The van der Waals surface area contributed by atoms with Gasteiger partial charge in [0.1, 0.15) is 5.82 Å². The molecule has 146 valence electrons. The van der Waals surface area contributed by atoms with Gasteiger partial charge in [0.2, 0.25) is 0 Å². The van der Waals surface area contributed by atoms with Crippen LogP contribution in [-0.4, -0.2) is 41.9 Å². The van der Waals surface area contributed by atoms with Gasteiger partial charge in [0.05, 0.1) is 16.3 Å². The largest absolute Gasteiger partial charge is 0.335 e. The van der Waals surface area contributed by atoms with Crippen molar-refractivity contribution in [3.05, 3.63) is 61.1 Å². The smallest absolute Gasteiger partial charge is 0.301 e. The lowest BCUT2D eigenvalue weighted by Gasteiger charge is -2.15. The van der Waals surface area contributed by atoms with Crippen LogP contribution in [0.25, 0.3) is 5.69 Å². The van der Waals surface area contributed by atoms with E-state index in [1.807, 2.05) is 0 Å². The summed E-state index contributed by atoms with van der Waals surface area (Å²) < 4.78 is 42.1. The molecular formula is C15H16ClFN4O5S. The lowest BCUT2D eigenvalue weighted by Crippen LogP contribution is -2.40. The Hall–Kier alpha value is -2.50. The molecule has 0 aliphatic carbocycles. The Bertz CT molecular complexity index is 1150. The Labute approximate surface area is 158 Å². The van der Waals surface area contributed by atoms with Crippen LogP contribution in [0, 0.1) is 12.7 Å². The van der Waals surface area contributed by atoms with Crippen molar-refractivity contribution in [1.82, 2.24) is 18.2 Å². The molecular weight excluding hydrogens is 403 g/mol. The summed E-state index contributed by atoms with van der Waals surface area (Å²) in [5.41, 5.74) is -2.26. The summed E-state index contributed by atoms with van der Waals surface area (Å²) in [6.07, 6.45) is 0. The Morgan fingerprint density at radius 2 is 1.81 bits per heavy atom. The molecule has 1 aromatic heterocycles. The first kappa shape index (κ1) is 20.8. The van der Waals surface area contributed by atoms with Crippen LogP contribution in [-0.2, 0) is 17.3 Å². The number of hydrogen-bond donors (Lipinski definition) is 1. The number of nitrogens with zero attached hydrogens (tertiary/aromatic N) is 3. The van der Waals surface area contributed by atoms with E-state index in [1.165, 1.54) is 28.1 Å². The van der Waals surface area contributed by atoms with Crippen LogP contribution in [0.2, 0.25) is 5.02 Å². The highest BCUT2D eigenvalue weighted by Gasteiger charge is 2.23. The van der Waals surface area contributed by atoms with Crippen LogP contribution in [0.15, 0.2) is 27.8 Å². The van der Waals surface area contributed by atoms with E-state index in [2.05, 4.69) is 0 Å². The number of rotatable bonds is 4. The normalized spacial score (nSPS) is 11.7. The number of aryl methyl sites for hydroxylation is 1. The molecule has 1 N–H and O–H groups in total. The van der Waals surface area contributed by atoms with Gasteiger partial charge in [-0.3, -0.25) is 9.59 Å². The summed E-state index contributed by atoms with van der Waals surface area (Å²) in [7, 11) is -0.349. The van der Waals surface area contributed by atoms with E-state index in [1.54, 1.807) is 4.72 Å². The maximum Gasteiger partial charge on any atom is 0.335 e. The molecule has 0 aliphatic rings. The molecule has 0 unspecified atom stereocenters. The minimum Gasteiger partial charge on any atom is -0.301 e. The van der Waals surface area contributed by atoms with Gasteiger partial charge in [-0.25, -0.2) is 18.5 Å². The number of hydrogen-bond acceptors (Lipinski definition) is 5. The first-order chi connectivity index (χ1) is 12.4. The van der Waals surface area contributed by atoms with Crippen molar-refractivity contribution in [2.24, 2.45) is 7.05 Å². The second-order valence-corrected chi connectivity index (χ2v) is 8.09. The molecule has 0 saturated carbocycles. The van der Waals surface area contributed by atoms with Gasteiger partial charge in [-0.2, -0.15) is 12.7 Å². The average Bonchev–Trinajstić information content (AvgIpc) is 2.54. The Kier molecular flexibility index (Phi) is 5.59. The number of amides is 1. The standard InChI is InChI=1S/C15H16ClFN4O5S/c1-8-5-13(22)21(15(24)20(8)4)12-6-9(10(16)7-11(12)17)14(23)18-27(25,26)19(2)3/h5-7H,1-4H3,(H,18,23). The van der Waals surface area contributed by atoms with E-state index < -0.39 is 44.4 Å². The minimum atomic E-state index is -4.13. The first-order valence-corrected chi connectivity index (χ1v) is 9.22. The van der Waals surface area contributed by atoms with Gasteiger partial charge in [0.25, 0.3) is 11.5 Å². The summed E-state index contributed by atoms with van der Waals surface area (Å²) in [5.74, 6) is -2.18. The fourth-order valence-electron chi connectivity index (χ4n) is 2.10. The van der Waals surface area contributed by atoms with Crippen molar-refractivity contribution in [3.63, 3.8) is 0 Å². The van der Waals surface area contributed by atoms with E-state index in [9.17, 15) is 27.2 Å². The lowest BCUT2D eigenvalue weighted by molar-refractivity contribution is 0.0979. The van der Waals surface area contributed by atoms with Crippen LogP contribution in [0.5, 0.6) is 0 Å². The second kappa shape index (κ2) is 7.25. The van der Waals surface area contributed by atoms with Crippen molar-refractivity contribution in [3.8, 4) is 5.69 Å². The lowest BCUT2D eigenvalue weighted by atomic mass is 10.1. The third-order valence-corrected chi connectivity index (χ3v) is 5.50. The number of carbonyl (C=O) groups is 1. The molecule has 0 saturated heterocycles. The van der Waals surface area contributed by atoms with Gasteiger partial charge < -0.3 is 4.57 Å². The fourth-order valence-corrected chi connectivity index (χ4v) is 2.87. The maximum atomic E-state index is 14.4. The highest BCUT2D eigenvalue weighted by Crippen LogP contribution is 2.22. The maximum absolute atomic E-state index is 14.4. The average molecular weight is 419 g/mol. The van der Waals surface area contributed by atoms with Crippen LogP contribution in [0.1, 0.15) is 16.1 Å². The topological polar surface area (TPSA) is 110 Å². The van der Waals surface area contributed by atoms with Gasteiger partial charge in [-0.1, -0.05) is 11.6 Å². The highest BCUT2D eigenvalue weighted by molar-refractivity contribution is 7.87. The number of carbonyl (C=O) groups excluding carboxylic acids is 1. The van der Waals surface area contributed by atoms with Crippen molar-refractivity contribution >= 4 is 27.7 Å². The molecule has 0 bridgehead atoms. The Morgan fingerprint density at radius 1 is 1.22 bits per heavy atom. The van der Waals surface area contributed by atoms with Crippen LogP contribution in [0.4, 0.5) is 4.39 Å². The molecule has 1 amide bonds. The van der Waals surface area contributed by atoms with Crippen molar-refractivity contribution in [1.29, 1.82) is 0 Å². The van der Waals surface area contributed by atoms with Crippen molar-refractivity contribution in [2.75, 3.05) is 14.1 Å². The van der Waals surface area contributed by atoms with Gasteiger partial charge >= 0.3 is 15.9 Å². The summed E-state index contributed by atoms with van der Waals surface area (Å²) >= 11 is 5.85. The predicted octanol–water partition coefficient (Wildman–Crippen LogP) is 0.173. The molecule has 0 atom stereocenters. The van der Waals surface area contributed by atoms with Crippen LogP contribution >= 0.6 is 11.6 Å². The molecule has 0 radical (unpaired) electrons. The molecule has 27 heavy (non-hydrogen) atoms. The second-order valence-electron chi connectivity index (χ2n) is 5.80. The number of nitrogens with one attached hydrogen (secondary N) is 1. The van der Waals surface area contributed by atoms with Gasteiger partial charge in [0, 0.05) is 32.9 Å². The van der Waals surface area contributed by atoms with Gasteiger partial charge in [-0.15, -0.1) is 0 Å². The van der Waals surface area contributed by atoms with Crippen molar-refractivity contribution in [2.45, 2.75) is 6.92 Å². The molecule has 2 rings (SSSR count). The third-order valence-electron chi connectivity index (χ3n) is 3.78. The molecule has 0 aliphatic heterocycles.